The van der Waals surface area contributed by atoms with E-state index in [9.17, 15) is 0 Å². The van der Waals surface area contributed by atoms with Crippen molar-refractivity contribution in [3.05, 3.63) is 0 Å². The van der Waals surface area contributed by atoms with Crippen LogP contribution in [0.15, 0.2) is 0 Å². The molecule has 0 amide bonds. The second-order valence-corrected chi connectivity index (χ2v) is 5.27. The highest BCUT2D eigenvalue weighted by atomic mass is 15.4. The van der Waals surface area contributed by atoms with Crippen molar-refractivity contribution in [3.63, 3.8) is 0 Å². The van der Waals surface area contributed by atoms with Gasteiger partial charge in [0.05, 0.1) is 12.5 Å². The third-order valence-electron chi connectivity index (χ3n) is 3.74. The lowest BCUT2D eigenvalue weighted by molar-refractivity contribution is 0.566. The Balaban J connectivity index is 2.26. The van der Waals surface area contributed by atoms with Crippen molar-refractivity contribution in [1.82, 2.24) is 15.0 Å². The summed E-state index contributed by atoms with van der Waals surface area (Å²) in [6.45, 7) is 3.86. The Morgan fingerprint density at radius 3 is 2.67 bits per heavy atom. The molecule has 0 spiro atoms. The molecule has 0 saturated carbocycles. The summed E-state index contributed by atoms with van der Waals surface area (Å²) in [6.07, 6.45) is 3.95. The molecule has 8 heteroatoms. The lowest BCUT2D eigenvalue weighted by atomic mass is 10.1. The molecule has 21 heavy (non-hydrogen) atoms. The zero-order valence-corrected chi connectivity index (χ0v) is 12.6. The van der Waals surface area contributed by atoms with Crippen LogP contribution in [0, 0.1) is 11.3 Å². The molecule has 0 aromatic carbocycles. The highest BCUT2D eigenvalue weighted by Gasteiger charge is 2.19. The third kappa shape index (κ3) is 3.70. The van der Waals surface area contributed by atoms with Crippen LogP contribution in [0.3, 0.4) is 0 Å². The zero-order valence-electron chi connectivity index (χ0n) is 12.6. The fourth-order valence-corrected chi connectivity index (χ4v) is 2.28. The van der Waals surface area contributed by atoms with Crippen molar-refractivity contribution in [2.45, 2.75) is 38.6 Å². The summed E-state index contributed by atoms with van der Waals surface area (Å²) in [5, 5.41) is 8.82. The number of nitrogens with one attached hydrogen (secondary N) is 1. The van der Waals surface area contributed by atoms with Gasteiger partial charge in [-0.05, 0) is 26.2 Å². The van der Waals surface area contributed by atoms with Crippen molar-refractivity contribution in [1.29, 1.82) is 5.26 Å². The molecule has 1 atom stereocenters. The first-order valence-electron chi connectivity index (χ1n) is 7.23. The molecule has 8 nitrogen and oxygen atoms in total. The van der Waals surface area contributed by atoms with Gasteiger partial charge in [-0.3, -0.25) is 5.43 Å². The molecule has 2 rings (SSSR count). The van der Waals surface area contributed by atoms with Gasteiger partial charge in [-0.2, -0.15) is 20.2 Å². The maximum atomic E-state index is 8.82. The summed E-state index contributed by atoms with van der Waals surface area (Å²) in [7, 11) is 1.87. The Hall–Kier alpha value is -2.14. The van der Waals surface area contributed by atoms with Crippen LogP contribution >= 0.6 is 0 Å². The second-order valence-electron chi connectivity index (χ2n) is 5.27. The maximum Gasteiger partial charge on any atom is 0.243 e. The summed E-state index contributed by atoms with van der Waals surface area (Å²) < 4.78 is 0. The molecule has 1 aliphatic rings. The number of nitrogens with two attached hydrogens (primary N) is 1. The van der Waals surface area contributed by atoms with Crippen molar-refractivity contribution in [2.75, 3.05) is 35.4 Å². The van der Waals surface area contributed by atoms with Crippen LogP contribution in [0.5, 0.6) is 0 Å². The highest BCUT2D eigenvalue weighted by Crippen LogP contribution is 2.20. The normalized spacial score (nSPS) is 16.2. The number of hydrazine groups is 1. The van der Waals surface area contributed by atoms with Crippen LogP contribution in [0.25, 0.3) is 0 Å². The summed E-state index contributed by atoms with van der Waals surface area (Å²) in [6, 6.07) is 2.19. The van der Waals surface area contributed by atoms with E-state index in [1.54, 1.807) is 0 Å². The van der Waals surface area contributed by atoms with Crippen LogP contribution < -0.4 is 21.1 Å². The summed E-state index contributed by atoms with van der Waals surface area (Å²) >= 11 is 0. The Kier molecular flexibility index (Phi) is 5.11. The number of nitriles is 1. The standard InChI is InChI=1S/C13H22N8/c1-10(6-7-14)20(2)12-16-11(19-15)17-13(18-12)21-8-4-3-5-9-21/h10H,3-6,8-9,15H2,1-2H3,(H,16,17,18,19). The number of aromatic nitrogens is 3. The minimum Gasteiger partial charge on any atom is -0.341 e. The van der Waals surface area contributed by atoms with Crippen LogP contribution in [0.4, 0.5) is 17.8 Å². The van der Waals surface area contributed by atoms with Crippen LogP contribution in [0.2, 0.25) is 0 Å². The summed E-state index contributed by atoms with van der Waals surface area (Å²) in [5.74, 6) is 6.98. The predicted molar refractivity (Wildman–Crippen MR) is 81.8 cm³/mol. The van der Waals surface area contributed by atoms with Crippen LogP contribution in [-0.4, -0.2) is 41.1 Å². The van der Waals surface area contributed by atoms with E-state index in [4.69, 9.17) is 11.1 Å². The summed E-state index contributed by atoms with van der Waals surface area (Å²) in [4.78, 5) is 17.2. The minimum absolute atomic E-state index is 0.0252. The largest absolute Gasteiger partial charge is 0.341 e. The van der Waals surface area contributed by atoms with Crippen molar-refractivity contribution in [3.8, 4) is 6.07 Å². The molecule has 3 N–H and O–H groups in total. The Labute approximate surface area is 125 Å². The van der Waals surface area contributed by atoms with E-state index in [1.807, 2.05) is 18.9 Å². The molecule has 1 unspecified atom stereocenters. The van der Waals surface area contributed by atoms with E-state index in [-0.39, 0.29) is 6.04 Å². The fraction of sp³-hybridized carbons (Fsp3) is 0.692. The molecule has 1 saturated heterocycles. The molecule has 114 valence electrons. The van der Waals surface area contributed by atoms with E-state index in [0.29, 0.717) is 24.3 Å². The molecule has 2 heterocycles. The number of anilines is 3. The number of nitrogens with zero attached hydrogens (tertiary/aromatic N) is 6. The molecular weight excluding hydrogens is 268 g/mol. The molecule has 0 bridgehead atoms. The average molecular weight is 290 g/mol. The third-order valence-corrected chi connectivity index (χ3v) is 3.74. The number of nitrogen functional groups attached to an aromatic ring is 1. The number of hydrogen-bond acceptors (Lipinski definition) is 8. The molecule has 1 aromatic rings. The molecular formula is C13H22N8. The van der Waals surface area contributed by atoms with Crippen molar-refractivity contribution in [2.24, 2.45) is 5.84 Å². The maximum absolute atomic E-state index is 8.82. The van der Waals surface area contributed by atoms with Crippen LogP contribution in [-0.2, 0) is 0 Å². The van der Waals surface area contributed by atoms with E-state index in [0.717, 1.165) is 25.9 Å². The minimum atomic E-state index is 0.0252. The van der Waals surface area contributed by atoms with Crippen molar-refractivity contribution >= 4 is 17.8 Å². The number of piperidine rings is 1. The van der Waals surface area contributed by atoms with Gasteiger partial charge in [-0.15, -0.1) is 0 Å². The quantitative estimate of drug-likeness (QED) is 0.608. The van der Waals surface area contributed by atoms with E-state index < -0.39 is 0 Å². The van der Waals surface area contributed by atoms with Gasteiger partial charge in [0, 0.05) is 26.2 Å². The van der Waals surface area contributed by atoms with Gasteiger partial charge in [-0.25, -0.2) is 5.84 Å². The van der Waals surface area contributed by atoms with Gasteiger partial charge in [0.25, 0.3) is 0 Å². The van der Waals surface area contributed by atoms with Gasteiger partial charge >= 0.3 is 0 Å². The van der Waals surface area contributed by atoms with E-state index in [2.05, 4.69) is 31.3 Å². The monoisotopic (exact) mass is 290 g/mol. The topological polar surface area (TPSA) is 107 Å². The Morgan fingerprint density at radius 1 is 1.33 bits per heavy atom. The smallest absolute Gasteiger partial charge is 0.243 e. The van der Waals surface area contributed by atoms with Crippen molar-refractivity contribution < 1.29 is 0 Å². The first-order chi connectivity index (χ1) is 10.2. The predicted octanol–water partition coefficient (Wildman–Crippen LogP) is 0.886. The molecule has 0 radical (unpaired) electrons. The fourth-order valence-electron chi connectivity index (χ4n) is 2.28. The molecule has 0 aliphatic carbocycles. The van der Waals surface area contributed by atoms with E-state index in [1.165, 1.54) is 6.42 Å². The Bertz CT molecular complexity index is 505. The second kappa shape index (κ2) is 7.04. The van der Waals surface area contributed by atoms with Crippen LogP contribution in [0.1, 0.15) is 32.6 Å². The molecule has 1 fully saturated rings. The van der Waals surface area contributed by atoms with Gasteiger partial charge < -0.3 is 9.80 Å². The average Bonchev–Trinajstić information content (AvgIpc) is 2.54. The zero-order chi connectivity index (χ0) is 15.2. The first-order valence-corrected chi connectivity index (χ1v) is 7.23. The van der Waals surface area contributed by atoms with Gasteiger partial charge in [0.1, 0.15) is 0 Å². The number of rotatable bonds is 5. The SMILES string of the molecule is CC(CC#N)N(C)c1nc(NN)nc(N2CCCCC2)n1. The van der Waals surface area contributed by atoms with Gasteiger partial charge in [0.15, 0.2) is 0 Å². The number of hydrogen-bond donors (Lipinski definition) is 2. The van der Waals surface area contributed by atoms with E-state index >= 15 is 0 Å². The lowest BCUT2D eigenvalue weighted by Crippen LogP contribution is -2.34. The summed E-state index contributed by atoms with van der Waals surface area (Å²) in [5.41, 5.74) is 2.49. The lowest BCUT2D eigenvalue weighted by Gasteiger charge is -2.28. The van der Waals surface area contributed by atoms with Gasteiger partial charge in [0.2, 0.25) is 17.8 Å². The highest BCUT2D eigenvalue weighted by molar-refractivity contribution is 5.45. The first kappa shape index (κ1) is 15.3. The van der Waals surface area contributed by atoms with Gasteiger partial charge in [-0.1, -0.05) is 0 Å². The Morgan fingerprint density at radius 2 is 2.05 bits per heavy atom. The molecule has 1 aromatic heterocycles. The molecule has 1 aliphatic heterocycles.